The number of alkyl halides is 1. The molecule has 0 N–H and O–H groups in total. The monoisotopic (exact) mass is 291 g/mol. The van der Waals surface area contributed by atoms with Crippen LogP contribution in [0.1, 0.15) is 39.5 Å². The molecule has 1 aliphatic heterocycles. The zero-order valence-electron chi connectivity index (χ0n) is 11.0. The van der Waals surface area contributed by atoms with Gasteiger partial charge >= 0.3 is 0 Å². The maximum atomic E-state index is 5.61. The summed E-state index contributed by atoms with van der Waals surface area (Å²) in [5, 5.41) is 1.13. The smallest absolute Gasteiger partial charge is 0.0777 e. The van der Waals surface area contributed by atoms with E-state index in [9.17, 15) is 0 Å². The van der Waals surface area contributed by atoms with E-state index in [-0.39, 0.29) is 5.60 Å². The number of methoxy groups -OCH3 is 1. The third-order valence-corrected chi connectivity index (χ3v) is 4.23. The molecule has 1 rings (SSSR count). The number of ether oxygens (including phenoxy) is 1. The Morgan fingerprint density at radius 3 is 2.81 bits per heavy atom. The standard InChI is InChI=1S/C13H26BrNO/c1-12(5-8-14)6-10-15-9-4-7-13(2,11-15)16-3/h12H,4-11H2,1-3H3. The molecule has 0 aromatic carbocycles. The van der Waals surface area contributed by atoms with Gasteiger partial charge in [0.2, 0.25) is 0 Å². The van der Waals surface area contributed by atoms with E-state index in [1.165, 1.54) is 38.8 Å². The summed E-state index contributed by atoms with van der Waals surface area (Å²) in [6.45, 7) is 8.17. The highest BCUT2D eigenvalue weighted by atomic mass is 79.9. The van der Waals surface area contributed by atoms with Crippen molar-refractivity contribution in [1.29, 1.82) is 0 Å². The number of hydrogen-bond donors (Lipinski definition) is 0. The molecule has 0 spiro atoms. The van der Waals surface area contributed by atoms with Crippen molar-refractivity contribution >= 4 is 15.9 Å². The number of hydrogen-bond acceptors (Lipinski definition) is 2. The summed E-state index contributed by atoms with van der Waals surface area (Å²) in [4.78, 5) is 2.57. The minimum absolute atomic E-state index is 0.0942. The number of likely N-dealkylation sites (tertiary alicyclic amines) is 1. The van der Waals surface area contributed by atoms with Crippen molar-refractivity contribution in [2.24, 2.45) is 5.92 Å². The van der Waals surface area contributed by atoms with Gasteiger partial charge in [0.05, 0.1) is 5.60 Å². The first-order chi connectivity index (χ1) is 7.59. The van der Waals surface area contributed by atoms with Crippen molar-refractivity contribution in [2.75, 3.05) is 32.1 Å². The molecule has 0 bridgehead atoms. The van der Waals surface area contributed by atoms with Gasteiger partial charge in [0, 0.05) is 19.0 Å². The fourth-order valence-electron chi connectivity index (χ4n) is 2.40. The zero-order valence-corrected chi connectivity index (χ0v) is 12.6. The number of halogens is 1. The molecule has 0 aliphatic carbocycles. The molecule has 1 heterocycles. The number of nitrogens with zero attached hydrogens (tertiary/aromatic N) is 1. The van der Waals surface area contributed by atoms with Gasteiger partial charge in [-0.3, -0.25) is 0 Å². The summed E-state index contributed by atoms with van der Waals surface area (Å²) in [6, 6.07) is 0. The zero-order chi connectivity index (χ0) is 12.0. The van der Waals surface area contributed by atoms with Gasteiger partial charge in [-0.15, -0.1) is 0 Å². The van der Waals surface area contributed by atoms with E-state index in [1.807, 2.05) is 7.11 Å². The van der Waals surface area contributed by atoms with Gasteiger partial charge in [-0.05, 0) is 51.6 Å². The predicted molar refractivity (Wildman–Crippen MR) is 73.3 cm³/mol. The lowest BCUT2D eigenvalue weighted by atomic mass is 9.94. The van der Waals surface area contributed by atoms with Crippen LogP contribution in [0.5, 0.6) is 0 Å². The van der Waals surface area contributed by atoms with E-state index < -0.39 is 0 Å². The molecule has 16 heavy (non-hydrogen) atoms. The number of piperidine rings is 1. The van der Waals surface area contributed by atoms with Crippen LogP contribution in [-0.2, 0) is 4.74 Å². The SMILES string of the molecule is COC1(C)CCCN(CCC(C)CCBr)C1. The Labute approximate surface area is 109 Å². The second kappa shape index (κ2) is 6.97. The second-order valence-electron chi connectivity index (χ2n) is 5.41. The van der Waals surface area contributed by atoms with E-state index in [1.54, 1.807) is 0 Å². The van der Waals surface area contributed by atoms with Crippen molar-refractivity contribution in [3.8, 4) is 0 Å². The second-order valence-corrected chi connectivity index (χ2v) is 6.20. The van der Waals surface area contributed by atoms with Crippen LogP contribution in [0.3, 0.4) is 0 Å². The summed E-state index contributed by atoms with van der Waals surface area (Å²) in [5.74, 6) is 0.829. The molecule has 2 unspecified atom stereocenters. The third-order valence-electron chi connectivity index (χ3n) is 3.77. The lowest BCUT2D eigenvalue weighted by Gasteiger charge is -2.39. The molecular formula is C13H26BrNO. The molecule has 0 aromatic heterocycles. The highest BCUT2D eigenvalue weighted by Crippen LogP contribution is 2.24. The Morgan fingerprint density at radius 2 is 2.19 bits per heavy atom. The Bertz CT molecular complexity index is 200. The Morgan fingerprint density at radius 1 is 1.44 bits per heavy atom. The van der Waals surface area contributed by atoms with Crippen molar-refractivity contribution in [1.82, 2.24) is 4.90 Å². The lowest BCUT2D eigenvalue weighted by Crippen LogP contribution is -2.47. The fourth-order valence-corrected chi connectivity index (χ4v) is 3.18. The molecule has 0 saturated carbocycles. The largest absolute Gasteiger partial charge is 0.377 e. The van der Waals surface area contributed by atoms with Crippen LogP contribution in [0.2, 0.25) is 0 Å². The Hall–Kier alpha value is 0.400. The minimum atomic E-state index is 0.0942. The van der Waals surface area contributed by atoms with Crippen molar-refractivity contribution in [3.05, 3.63) is 0 Å². The molecule has 96 valence electrons. The van der Waals surface area contributed by atoms with Crippen molar-refractivity contribution < 1.29 is 4.74 Å². The van der Waals surface area contributed by atoms with E-state index in [0.717, 1.165) is 17.8 Å². The minimum Gasteiger partial charge on any atom is -0.377 e. The van der Waals surface area contributed by atoms with E-state index in [2.05, 4.69) is 34.7 Å². The van der Waals surface area contributed by atoms with Gasteiger partial charge in [0.15, 0.2) is 0 Å². The molecule has 2 atom stereocenters. The first-order valence-electron chi connectivity index (χ1n) is 6.43. The molecule has 1 aliphatic rings. The van der Waals surface area contributed by atoms with Crippen LogP contribution in [0, 0.1) is 5.92 Å². The highest BCUT2D eigenvalue weighted by Gasteiger charge is 2.30. The fraction of sp³-hybridized carbons (Fsp3) is 1.00. The Balaban J connectivity index is 2.27. The van der Waals surface area contributed by atoms with Crippen LogP contribution in [0.4, 0.5) is 0 Å². The van der Waals surface area contributed by atoms with Crippen LogP contribution in [0.15, 0.2) is 0 Å². The van der Waals surface area contributed by atoms with Gasteiger partial charge in [0.25, 0.3) is 0 Å². The molecule has 0 aromatic rings. The predicted octanol–water partition coefficient (Wildman–Crippen LogP) is 3.30. The summed E-state index contributed by atoms with van der Waals surface area (Å²) in [7, 11) is 1.84. The summed E-state index contributed by atoms with van der Waals surface area (Å²) in [6.07, 6.45) is 5.08. The highest BCUT2D eigenvalue weighted by molar-refractivity contribution is 9.09. The van der Waals surface area contributed by atoms with E-state index in [0.29, 0.717) is 0 Å². The quantitative estimate of drug-likeness (QED) is 0.696. The summed E-state index contributed by atoms with van der Waals surface area (Å²) in [5.41, 5.74) is 0.0942. The molecular weight excluding hydrogens is 266 g/mol. The van der Waals surface area contributed by atoms with Gasteiger partial charge in [0.1, 0.15) is 0 Å². The number of rotatable bonds is 6. The maximum Gasteiger partial charge on any atom is 0.0777 e. The topological polar surface area (TPSA) is 12.5 Å². The molecule has 2 nitrogen and oxygen atoms in total. The van der Waals surface area contributed by atoms with Crippen LogP contribution < -0.4 is 0 Å². The summed E-state index contributed by atoms with van der Waals surface area (Å²) < 4.78 is 5.61. The maximum absolute atomic E-state index is 5.61. The molecule has 0 amide bonds. The van der Waals surface area contributed by atoms with Gasteiger partial charge < -0.3 is 9.64 Å². The molecule has 1 saturated heterocycles. The van der Waals surface area contributed by atoms with Gasteiger partial charge in [-0.2, -0.15) is 0 Å². The lowest BCUT2D eigenvalue weighted by molar-refractivity contribution is -0.0514. The van der Waals surface area contributed by atoms with Crippen molar-refractivity contribution in [3.63, 3.8) is 0 Å². The first kappa shape index (κ1) is 14.5. The van der Waals surface area contributed by atoms with Crippen LogP contribution in [0.25, 0.3) is 0 Å². The third kappa shape index (κ3) is 4.72. The summed E-state index contributed by atoms with van der Waals surface area (Å²) >= 11 is 3.51. The molecule has 0 radical (unpaired) electrons. The average molecular weight is 292 g/mol. The van der Waals surface area contributed by atoms with E-state index >= 15 is 0 Å². The van der Waals surface area contributed by atoms with Gasteiger partial charge in [-0.25, -0.2) is 0 Å². The van der Waals surface area contributed by atoms with Crippen LogP contribution in [-0.4, -0.2) is 42.6 Å². The average Bonchev–Trinajstić information content (AvgIpc) is 2.27. The molecule has 3 heteroatoms. The van der Waals surface area contributed by atoms with E-state index in [4.69, 9.17) is 4.74 Å². The normalized spacial score (nSPS) is 29.2. The van der Waals surface area contributed by atoms with Gasteiger partial charge in [-0.1, -0.05) is 22.9 Å². The first-order valence-corrected chi connectivity index (χ1v) is 7.55. The van der Waals surface area contributed by atoms with Crippen molar-refractivity contribution in [2.45, 2.75) is 45.1 Å². The van der Waals surface area contributed by atoms with Crippen LogP contribution >= 0.6 is 15.9 Å². The Kier molecular flexibility index (Phi) is 6.30. The molecule has 1 fully saturated rings.